The lowest BCUT2D eigenvalue weighted by atomic mass is 10.0. The van der Waals surface area contributed by atoms with Gasteiger partial charge in [0.1, 0.15) is 0 Å². The van der Waals surface area contributed by atoms with Gasteiger partial charge in [-0.2, -0.15) is 0 Å². The van der Waals surface area contributed by atoms with Crippen LogP contribution in [0.25, 0.3) is 0 Å². The highest BCUT2D eigenvalue weighted by atomic mass is 16.5. The lowest BCUT2D eigenvalue weighted by Crippen LogP contribution is -2.27. The van der Waals surface area contributed by atoms with Gasteiger partial charge < -0.3 is 20.3 Å². The second-order valence-corrected chi connectivity index (χ2v) is 4.97. The SMILES string of the molecule is COc1cc(C(C)N[C@H](CO)c2ccccc2)ccc1O. The third-order valence-electron chi connectivity index (χ3n) is 3.54. The molecule has 2 aromatic carbocycles. The van der Waals surface area contributed by atoms with Gasteiger partial charge in [0.25, 0.3) is 0 Å². The Morgan fingerprint density at radius 1 is 1.10 bits per heavy atom. The number of aliphatic hydroxyl groups excluding tert-OH is 1. The Kier molecular flexibility index (Phi) is 5.20. The summed E-state index contributed by atoms with van der Waals surface area (Å²) in [6.45, 7) is 2.03. The van der Waals surface area contributed by atoms with E-state index in [1.165, 1.54) is 7.11 Å². The van der Waals surface area contributed by atoms with E-state index >= 15 is 0 Å². The molecule has 2 rings (SSSR count). The molecule has 1 unspecified atom stereocenters. The Morgan fingerprint density at radius 2 is 1.81 bits per heavy atom. The summed E-state index contributed by atoms with van der Waals surface area (Å²) in [6.07, 6.45) is 0. The normalized spacial score (nSPS) is 13.7. The van der Waals surface area contributed by atoms with Crippen LogP contribution in [0.3, 0.4) is 0 Å². The smallest absolute Gasteiger partial charge is 0.160 e. The Labute approximate surface area is 125 Å². The zero-order valence-electron chi connectivity index (χ0n) is 12.3. The fourth-order valence-electron chi connectivity index (χ4n) is 2.30. The molecular weight excluding hydrogens is 266 g/mol. The number of rotatable bonds is 6. The molecule has 21 heavy (non-hydrogen) atoms. The van der Waals surface area contributed by atoms with E-state index in [9.17, 15) is 10.2 Å². The van der Waals surface area contributed by atoms with E-state index in [0.717, 1.165) is 11.1 Å². The van der Waals surface area contributed by atoms with Gasteiger partial charge in [0.05, 0.1) is 19.8 Å². The van der Waals surface area contributed by atoms with Crippen LogP contribution in [0.1, 0.15) is 30.1 Å². The minimum atomic E-state index is -0.138. The number of benzene rings is 2. The molecule has 0 aromatic heterocycles. The quantitative estimate of drug-likeness (QED) is 0.764. The minimum Gasteiger partial charge on any atom is -0.504 e. The number of aromatic hydroxyl groups is 1. The minimum absolute atomic E-state index is 0.0110. The van der Waals surface area contributed by atoms with Gasteiger partial charge in [-0.25, -0.2) is 0 Å². The predicted molar refractivity (Wildman–Crippen MR) is 82.5 cm³/mol. The highest BCUT2D eigenvalue weighted by molar-refractivity contribution is 5.42. The molecule has 0 fully saturated rings. The number of phenols is 1. The average Bonchev–Trinajstić information content (AvgIpc) is 2.53. The Morgan fingerprint density at radius 3 is 2.43 bits per heavy atom. The number of methoxy groups -OCH3 is 1. The van der Waals surface area contributed by atoms with Gasteiger partial charge in [0.15, 0.2) is 11.5 Å². The topological polar surface area (TPSA) is 61.7 Å². The van der Waals surface area contributed by atoms with E-state index in [1.54, 1.807) is 12.1 Å². The standard InChI is InChI=1S/C17H21NO3/c1-12(14-8-9-16(20)17(10-14)21-2)18-15(11-19)13-6-4-3-5-7-13/h3-10,12,15,18-20H,11H2,1-2H3/t12?,15-/m1/s1. The summed E-state index contributed by atoms with van der Waals surface area (Å²) < 4.78 is 5.12. The maximum Gasteiger partial charge on any atom is 0.160 e. The van der Waals surface area contributed by atoms with Crippen molar-refractivity contribution in [1.29, 1.82) is 0 Å². The first-order valence-corrected chi connectivity index (χ1v) is 6.94. The fraction of sp³-hybridized carbons (Fsp3) is 0.294. The van der Waals surface area contributed by atoms with Crippen molar-refractivity contribution in [3.8, 4) is 11.5 Å². The highest BCUT2D eigenvalue weighted by Gasteiger charge is 2.15. The molecule has 0 amide bonds. The number of aliphatic hydroxyl groups is 1. The monoisotopic (exact) mass is 287 g/mol. The number of phenolic OH excluding ortho intramolecular Hbond substituents is 1. The van der Waals surface area contributed by atoms with Crippen LogP contribution in [0, 0.1) is 0 Å². The van der Waals surface area contributed by atoms with Gasteiger partial charge in [0.2, 0.25) is 0 Å². The van der Waals surface area contributed by atoms with Crippen molar-refractivity contribution in [3.05, 3.63) is 59.7 Å². The van der Waals surface area contributed by atoms with Gasteiger partial charge in [-0.15, -0.1) is 0 Å². The zero-order valence-corrected chi connectivity index (χ0v) is 12.3. The molecular formula is C17H21NO3. The molecule has 2 aromatic rings. The molecule has 0 spiro atoms. The zero-order chi connectivity index (χ0) is 15.2. The predicted octanol–water partition coefficient (Wildman–Crippen LogP) is 2.79. The van der Waals surface area contributed by atoms with Gasteiger partial charge in [0, 0.05) is 6.04 Å². The van der Waals surface area contributed by atoms with E-state index in [4.69, 9.17) is 4.74 Å². The Bertz CT molecular complexity index is 572. The summed E-state index contributed by atoms with van der Waals surface area (Å²) in [5.41, 5.74) is 2.02. The summed E-state index contributed by atoms with van der Waals surface area (Å²) in [4.78, 5) is 0. The first kappa shape index (κ1) is 15.4. The van der Waals surface area contributed by atoms with E-state index < -0.39 is 0 Å². The molecule has 0 heterocycles. The van der Waals surface area contributed by atoms with Gasteiger partial charge in [-0.1, -0.05) is 36.4 Å². The van der Waals surface area contributed by atoms with Crippen LogP contribution in [0.4, 0.5) is 0 Å². The summed E-state index contributed by atoms with van der Waals surface area (Å²) in [7, 11) is 1.53. The lowest BCUT2D eigenvalue weighted by Gasteiger charge is -2.23. The van der Waals surface area contributed by atoms with Crippen LogP contribution in [0.2, 0.25) is 0 Å². The van der Waals surface area contributed by atoms with Crippen LogP contribution < -0.4 is 10.1 Å². The summed E-state index contributed by atoms with van der Waals surface area (Å²) >= 11 is 0. The number of hydrogen-bond donors (Lipinski definition) is 3. The first-order valence-electron chi connectivity index (χ1n) is 6.94. The Hall–Kier alpha value is -2.04. The number of nitrogens with one attached hydrogen (secondary N) is 1. The van der Waals surface area contributed by atoms with Crippen molar-refractivity contribution < 1.29 is 14.9 Å². The highest BCUT2D eigenvalue weighted by Crippen LogP contribution is 2.29. The molecule has 0 saturated carbocycles. The first-order chi connectivity index (χ1) is 10.2. The van der Waals surface area contributed by atoms with E-state index in [0.29, 0.717) is 5.75 Å². The van der Waals surface area contributed by atoms with Crippen molar-refractivity contribution in [1.82, 2.24) is 5.32 Å². The summed E-state index contributed by atoms with van der Waals surface area (Å²) in [5, 5.41) is 22.6. The van der Waals surface area contributed by atoms with Crippen molar-refractivity contribution in [2.45, 2.75) is 19.0 Å². The van der Waals surface area contributed by atoms with E-state index in [2.05, 4.69) is 5.32 Å². The van der Waals surface area contributed by atoms with Crippen LogP contribution >= 0.6 is 0 Å². The van der Waals surface area contributed by atoms with Crippen LogP contribution in [-0.4, -0.2) is 23.9 Å². The third-order valence-corrected chi connectivity index (χ3v) is 3.54. The van der Waals surface area contributed by atoms with Crippen LogP contribution in [0.5, 0.6) is 11.5 Å². The van der Waals surface area contributed by atoms with E-state index in [-0.39, 0.29) is 24.4 Å². The Balaban J connectivity index is 2.14. The molecule has 112 valence electrons. The largest absolute Gasteiger partial charge is 0.504 e. The summed E-state index contributed by atoms with van der Waals surface area (Å²) in [6, 6.07) is 15.0. The van der Waals surface area contributed by atoms with Crippen molar-refractivity contribution in [2.75, 3.05) is 13.7 Å². The number of ether oxygens (including phenoxy) is 1. The number of hydrogen-bond acceptors (Lipinski definition) is 4. The van der Waals surface area contributed by atoms with E-state index in [1.807, 2.05) is 43.3 Å². The molecule has 2 atom stereocenters. The maximum absolute atomic E-state index is 9.64. The molecule has 4 heteroatoms. The molecule has 0 bridgehead atoms. The van der Waals surface area contributed by atoms with Crippen LogP contribution in [0.15, 0.2) is 48.5 Å². The maximum atomic E-state index is 9.64. The molecule has 0 aliphatic rings. The third kappa shape index (κ3) is 3.74. The van der Waals surface area contributed by atoms with Gasteiger partial charge in [-0.3, -0.25) is 0 Å². The second kappa shape index (κ2) is 7.11. The van der Waals surface area contributed by atoms with Gasteiger partial charge >= 0.3 is 0 Å². The van der Waals surface area contributed by atoms with Crippen molar-refractivity contribution in [2.24, 2.45) is 0 Å². The second-order valence-electron chi connectivity index (χ2n) is 4.97. The lowest BCUT2D eigenvalue weighted by molar-refractivity contribution is 0.235. The van der Waals surface area contributed by atoms with Crippen LogP contribution in [-0.2, 0) is 0 Å². The molecule has 0 radical (unpaired) electrons. The molecule has 4 nitrogen and oxygen atoms in total. The molecule has 3 N–H and O–H groups in total. The molecule has 0 aliphatic heterocycles. The molecule has 0 aliphatic carbocycles. The average molecular weight is 287 g/mol. The fourth-order valence-corrected chi connectivity index (χ4v) is 2.30. The molecule has 0 saturated heterocycles. The summed E-state index contributed by atoms with van der Waals surface area (Å²) in [5.74, 6) is 0.566. The van der Waals surface area contributed by atoms with Crippen molar-refractivity contribution >= 4 is 0 Å². The van der Waals surface area contributed by atoms with Crippen molar-refractivity contribution in [3.63, 3.8) is 0 Å². The van der Waals surface area contributed by atoms with Gasteiger partial charge in [-0.05, 0) is 30.2 Å².